The van der Waals surface area contributed by atoms with Gasteiger partial charge in [0, 0.05) is 18.9 Å². The van der Waals surface area contributed by atoms with Gasteiger partial charge in [0.1, 0.15) is 0 Å². The van der Waals surface area contributed by atoms with Crippen molar-refractivity contribution in [2.45, 2.75) is 6.54 Å². The van der Waals surface area contributed by atoms with Gasteiger partial charge in [0.25, 0.3) is 0 Å². The van der Waals surface area contributed by atoms with E-state index in [2.05, 4.69) is 15.0 Å². The second-order valence-electron chi connectivity index (χ2n) is 2.81. The number of hydrogen-bond donors (Lipinski definition) is 2. The summed E-state index contributed by atoms with van der Waals surface area (Å²) in [6, 6.07) is 1.94. The minimum atomic E-state index is -0.323. The van der Waals surface area contributed by atoms with Gasteiger partial charge in [-0.1, -0.05) is 0 Å². The molecule has 0 atom stereocenters. The fourth-order valence-electron chi connectivity index (χ4n) is 1.41. The Hall–Kier alpha value is -1.71. The van der Waals surface area contributed by atoms with Crippen molar-refractivity contribution >= 4 is 11.5 Å². The predicted molar refractivity (Wildman–Crippen MR) is 47.6 cm³/mol. The quantitative estimate of drug-likeness (QED) is 0.620. The van der Waals surface area contributed by atoms with Gasteiger partial charge in [0.15, 0.2) is 0 Å². The normalized spacial score (nSPS) is 14.1. The lowest BCUT2D eigenvalue weighted by Crippen LogP contribution is -2.17. The highest BCUT2D eigenvalue weighted by Gasteiger charge is 2.19. The lowest BCUT2D eigenvalue weighted by atomic mass is 10.1. The molecule has 2 rings (SSSR count). The van der Waals surface area contributed by atoms with Gasteiger partial charge in [0.05, 0.1) is 18.4 Å². The highest BCUT2D eigenvalue weighted by atomic mass is 16.5. The first-order valence-electron chi connectivity index (χ1n) is 4.01. The van der Waals surface area contributed by atoms with E-state index < -0.39 is 0 Å². The lowest BCUT2D eigenvalue weighted by molar-refractivity contribution is -0.133. The minimum Gasteiger partial charge on any atom is -0.465 e. The first-order chi connectivity index (χ1) is 6.33. The van der Waals surface area contributed by atoms with Gasteiger partial charge >= 0.3 is 5.97 Å². The number of H-pyrrole nitrogens is 1. The average Bonchev–Trinajstić information content (AvgIpc) is 2.63. The molecule has 4 heteroatoms. The third-order valence-corrected chi connectivity index (χ3v) is 2.05. The molecular formula is C9H10N2O2. The lowest BCUT2D eigenvalue weighted by Gasteiger charge is -2.13. The molecular weight excluding hydrogens is 168 g/mol. The monoisotopic (exact) mass is 178 g/mol. The molecule has 0 aromatic carbocycles. The Morgan fingerprint density at radius 2 is 2.46 bits per heavy atom. The van der Waals surface area contributed by atoms with E-state index in [1.807, 2.05) is 12.3 Å². The maximum Gasteiger partial charge on any atom is 0.341 e. The molecule has 0 spiro atoms. The van der Waals surface area contributed by atoms with Crippen LogP contribution in [0.25, 0.3) is 5.57 Å². The zero-order valence-corrected chi connectivity index (χ0v) is 7.26. The third-order valence-electron chi connectivity index (χ3n) is 2.05. The molecule has 1 aromatic rings. The molecule has 2 N–H and O–H groups in total. The molecule has 4 nitrogen and oxygen atoms in total. The van der Waals surface area contributed by atoms with Crippen LogP contribution in [0.3, 0.4) is 0 Å². The number of aromatic nitrogens is 1. The number of ether oxygens (including phenoxy) is 1. The Bertz CT molecular complexity index is 365. The summed E-state index contributed by atoms with van der Waals surface area (Å²) in [7, 11) is 1.38. The van der Waals surface area contributed by atoms with Crippen LogP contribution >= 0.6 is 0 Å². The van der Waals surface area contributed by atoms with Crippen molar-refractivity contribution in [3.05, 3.63) is 29.7 Å². The molecule has 0 radical (unpaired) electrons. The van der Waals surface area contributed by atoms with E-state index in [4.69, 9.17) is 0 Å². The molecule has 13 heavy (non-hydrogen) atoms. The molecule has 0 bridgehead atoms. The molecule has 0 saturated carbocycles. The molecule has 1 aromatic heterocycles. The zero-order valence-electron chi connectivity index (χ0n) is 7.26. The highest BCUT2D eigenvalue weighted by Crippen LogP contribution is 2.21. The number of esters is 1. The van der Waals surface area contributed by atoms with Crippen molar-refractivity contribution < 1.29 is 9.53 Å². The Labute approximate surface area is 75.6 Å². The summed E-state index contributed by atoms with van der Waals surface area (Å²) in [4.78, 5) is 14.3. The number of aromatic amines is 1. The summed E-state index contributed by atoms with van der Waals surface area (Å²) < 4.78 is 4.65. The van der Waals surface area contributed by atoms with Crippen LogP contribution in [0, 0.1) is 0 Å². The van der Waals surface area contributed by atoms with Gasteiger partial charge in [-0.15, -0.1) is 0 Å². The van der Waals surface area contributed by atoms with Crippen molar-refractivity contribution in [3.8, 4) is 0 Å². The first kappa shape index (κ1) is 7.91. The van der Waals surface area contributed by atoms with E-state index in [0.717, 1.165) is 17.8 Å². The van der Waals surface area contributed by atoms with Crippen molar-refractivity contribution in [1.82, 2.24) is 10.3 Å². The number of carbonyl (C=O) groups excluding carboxylic acids is 1. The van der Waals surface area contributed by atoms with Crippen LogP contribution in [0.1, 0.15) is 11.3 Å². The Balaban J connectivity index is 2.41. The van der Waals surface area contributed by atoms with Gasteiger partial charge in [-0.05, 0) is 11.6 Å². The van der Waals surface area contributed by atoms with Crippen LogP contribution in [0.4, 0.5) is 0 Å². The Morgan fingerprint density at radius 1 is 1.62 bits per heavy atom. The maximum atomic E-state index is 11.3. The Kier molecular flexibility index (Phi) is 1.81. The average molecular weight is 178 g/mol. The van der Waals surface area contributed by atoms with Crippen molar-refractivity contribution in [3.63, 3.8) is 0 Å². The van der Waals surface area contributed by atoms with Crippen LogP contribution in [0.2, 0.25) is 0 Å². The highest BCUT2D eigenvalue weighted by molar-refractivity contribution is 6.16. The van der Waals surface area contributed by atoms with Crippen molar-refractivity contribution in [2.75, 3.05) is 7.11 Å². The van der Waals surface area contributed by atoms with Gasteiger partial charge in [-0.2, -0.15) is 0 Å². The van der Waals surface area contributed by atoms with E-state index in [1.165, 1.54) is 7.11 Å². The number of nitrogens with one attached hydrogen (secondary N) is 2. The Morgan fingerprint density at radius 3 is 3.23 bits per heavy atom. The van der Waals surface area contributed by atoms with Gasteiger partial charge in [0.2, 0.25) is 0 Å². The summed E-state index contributed by atoms with van der Waals surface area (Å²) in [6.07, 6.45) is 3.49. The molecule has 0 fully saturated rings. The molecule has 2 heterocycles. The second-order valence-corrected chi connectivity index (χ2v) is 2.81. The molecule has 0 amide bonds. The zero-order chi connectivity index (χ0) is 9.26. The van der Waals surface area contributed by atoms with Gasteiger partial charge in [-0.3, -0.25) is 0 Å². The van der Waals surface area contributed by atoms with E-state index in [1.54, 1.807) is 6.20 Å². The van der Waals surface area contributed by atoms with Crippen molar-refractivity contribution in [2.24, 2.45) is 0 Å². The topological polar surface area (TPSA) is 54.1 Å². The van der Waals surface area contributed by atoms with E-state index in [-0.39, 0.29) is 5.97 Å². The predicted octanol–water partition coefficient (Wildman–Crippen LogP) is 0.632. The van der Waals surface area contributed by atoms with E-state index in [0.29, 0.717) is 5.57 Å². The van der Waals surface area contributed by atoms with Crippen LogP contribution < -0.4 is 5.32 Å². The maximum absolute atomic E-state index is 11.3. The molecule has 0 aliphatic carbocycles. The largest absolute Gasteiger partial charge is 0.465 e. The molecule has 0 unspecified atom stereocenters. The SMILES string of the molecule is COC(=O)C1=CNCc2cc[nH]c21. The number of carbonyl (C=O) groups is 1. The first-order valence-corrected chi connectivity index (χ1v) is 4.01. The molecule has 0 saturated heterocycles. The standard InChI is InChI=1S/C9H10N2O2/c1-13-9(12)7-5-10-4-6-2-3-11-8(6)7/h2-3,5,10-11H,4H2,1H3. The summed E-state index contributed by atoms with van der Waals surface area (Å²) >= 11 is 0. The van der Waals surface area contributed by atoms with Crippen molar-refractivity contribution in [1.29, 1.82) is 0 Å². The third kappa shape index (κ3) is 1.20. The molecule has 1 aliphatic rings. The van der Waals surface area contributed by atoms with Gasteiger partial charge in [-0.25, -0.2) is 4.79 Å². The van der Waals surface area contributed by atoms with Crippen LogP contribution in [0.5, 0.6) is 0 Å². The van der Waals surface area contributed by atoms with Crippen LogP contribution in [-0.4, -0.2) is 18.1 Å². The van der Waals surface area contributed by atoms with Gasteiger partial charge < -0.3 is 15.0 Å². The second kappa shape index (κ2) is 2.97. The summed E-state index contributed by atoms with van der Waals surface area (Å²) in [6.45, 7) is 0.749. The molecule has 1 aliphatic heterocycles. The summed E-state index contributed by atoms with van der Waals surface area (Å²) in [5.41, 5.74) is 2.49. The van der Waals surface area contributed by atoms with Crippen LogP contribution in [0.15, 0.2) is 18.5 Å². The van der Waals surface area contributed by atoms with E-state index >= 15 is 0 Å². The molecule has 68 valence electrons. The number of fused-ring (bicyclic) bond motifs is 1. The van der Waals surface area contributed by atoms with Crippen LogP contribution in [-0.2, 0) is 16.1 Å². The summed E-state index contributed by atoms with van der Waals surface area (Å²) in [5, 5.41) is 3.01. The number of rotatable bonds is 1. The number of hydrogen-bond acceptors (Lipinski definition) is 3. The minimum absolute atomic E-state index is 0.323. The summed E-state index contributed by atoms with van der Waals surface area (Å²) in [5.74, 6) is -0.323. The fourth-order valence-corrected chi connectivity index (χ4v) is 1.41. The smallest absolute Gasteiger partial charge is 0.341 e. The fraction of sp³-hybridized carbons (Fsp3) is 0.222. The number of methoxy groups -OCH3 is 1. The van der Waals surface area contributed by atoms with E-state index in [9.17, 15) is 4.79 Å².